The van der Waals surface area contributed by atoms with Crippen molar-refractivity contribution in [3.63, 3.8) is 0 Å². The molecule has 0 saturated carbocycles. The van der Waals surface area contributed by atoms with E-state index in [2.05, 4.69) is 19.2 Å². The Hall–Kier alpha value is -3.54. The predicted molar refractivity (Wildman–Crippen MR) is 102 cm³/mol. The van der Waals surface area contributed by atoms with Gasteiger partial charge in [-0.2, -0.15) is 31.4 Å². The summed E-state index contributed by atoms with van der Waals surface area (Å²) in [5.41, 5.74) is -4.13. The van der Waals surface area contributed by atoms with Gasteiger partial charge < -0.3 is 4.18 Å². The molecule has 0 fully saturated rings. The van der Waals surface area contributed by atoms with E-state index in [0.29, 0.717) is 22.2 Å². The van der Waals surface area contributed by atoms with Crippen LogP contribution in [-0.4, -0.2) is 33.7 Å². The topological polar surface area (TPSA) is 87.0 Å². The van der Waals surface area contributed by atoms with Gasteiger partial charge in [-0.05, 0) is 25.1 Å². The van der Waals surface area contributed by atoms with Crippen molar-refractivity contribution >= 4 is 21.0 Å². The number of hydrogen-bond acceptors (Lipinski definition) is 6. The molecule has 0 aliphatic rings. The monoisotopic (exact) mass is 452 g/mol. The first-order valence-corrected chi connectivity index (χ1v) is 10.0. The molecule has 31 heavy (non-hydrogen) atoms. The van der Waals surface area contributed by atoms with Gasteiger partial charge in [-0.15, -0.1) is 0 Å². The number of aryl methyl sites for hydroxylation is 1. The van der Waals surface area contributed by atoms with E-state index < -0.39 is 27.2 Å². The highest BCUT2D eigenvalue weighted by Crippen LogP contribution is 2.30. The van der Waals surface area contributed by atoms with E-state index in [9.17, 15) is 26.0 Å². The van der Waals surface area contributed by atoms with Crippen LogP contribution in [0.1, 0.15) is 5.69 Å². The van der Waals surface area contributed by atoms with Crippen molar-refractivity contribution in [3.05, 3.63) is 66.4 Å². The van der Waals surface area contributed by atoms with Crippen LogP contribution in [-0.2, 0) is 10.1 Å². The molecule has 0 atom stereocenters. The molecule has 0 radical (unpaired) electrons. The molecule has 12 heteroatoms. The number of halogens is 4. The minimum Gasteiger partial charge on any atom is -0.376 e. The maximum atomic E-state index is 14.0. The number of aromatic nitrogens is 4. The molecule has 0 spiro atoms. The van der Waals surface area contributed by atoms with Crippen molar-refractivity contribution in [2.75, 3.05) is 0 Å². The van der Waals surface area contributed by atoms with Crippen molar-refractivity contribution in [1.29, 1.82) is 0 Å². The van der Waals surface area contributed by atoms with Crippen LogP contribution in [0.5, 0.6) is 5.75 Å². The summed E-state index contributed by atoms with van der Waals surface area (Å²) < 4.78 is 79.8. The molecular weight excluding hydrogens is 440 g/mol. The molecule has 2 aromatic carbocycles. The van der Waals surface area contributed by atoms with Crippen LogP contribution >= 0.6 is 0 Å². The molecule has 0 amide bonds. The Bertz CT molecular complexity index is 1380. The van der Waals surface area contributed by atoms with E-state index in [1.807, 2.05) is 0 Å². The van der Waals surface area contributed by atoms with Crippen molar-refractivity contribution < 1.29 is 30.2 Å². The highest BCUT2D eigenvalue weighted by Gasteiger charge is 2.48. The van der Waals surface area contributed by atoms with Gasteiger partial charge in [0, 0.05) is 35.0 Å². The summed E-state index contributed by atoms with van der Waals surface area (Å²) in [7, 11) is -5.83. The van der Waals surface area contributed by atoms with Crippen LogP contribution in [0.2, 0.25) is 0 Å². The third kappa shape index (κ3) is 3.81. The molecule has 0 saturated heterocycles. The summed E-state index contributed by atoms with van der Waals surface area (Å²) in [6.45, 7) is 1.65. The zero-order valence-electron chi connectivity index (χ0n) is 15.6. The third-order valence-electron chi connectivity index (χ3n) is 4.34. The van der Waals surface area contributed by atoms with Crippen LogP contribution in [0, 0.1) is 12.7 Å². The maximum absolute atomic E-state index is 14.0. The lowest BCUT2D eigenvalue weighted by atomic mass is 10.1. The first-order chi connectivity index (χ1) is 14.6. The Labute approximate surface area is 173 Å². The molecule has 0 N–H and O–H groups in total. The van der Waals surface area contributed by atoms with Crippen LogP contribution < -0.4 is 4.18 Å². The SMILES string of the molecule is Cc1nn(-c2ncc(-c3ccccc3F)cn2)c2cc(OS(=O)(=O)C(F)(F)F)ccc12. The summed E-state index contributed by atoms with van der Waals surface area (Å²) in [4.78, 5) is 8.31. The second kappa shape index (κ2) is 7.30. The molecule has 0 aliphatic carbocycles. The van der Waals surface area contributed by atoms with Crippen LogP contribution in [0.15, 0.2) is 54.9 Å². The Morgan fingerprint density at radius 3 is 2.35 bits per heavy atom. The number of benzene rings is 2. The maximum Gasteiger partial charge on any atom is 0.534 e. The van der Waals surface area contributed by atoms with E-state index in [4.69, 9.17) is 0 Å². The average Bonchev–Trinajstić information content (AvgIpc) is 3.03. The standard InChI is InChI=1S/C19H12F4N4O3S/c1-11-14-7-6-13(30-31(28,29)19(21,22)23)8-17(14)27(26-11)18-24-9-12(10-25-18)15-4-2-3-5-16(15)20/h2-10H,1H3. The molecule has 0 aliphatic heterocycles. The molecule has 0 unspecified atom stereocenters. The van der Waals surface area contributed by atoms with Crippen molar-refractivity contribution in [1.82, 2.24) is 19.7 Å². The van der Waals surface area contributed by atoms with Crippen molar-refractivity contribution in [3.8, 4) is 22.8 Å². The summed E-state index contributed by atoms with van der Waals surface area (Å²) in [5, 5.41) is 4.78. The summed E-state index contributed by atoms with van der Waals surface area (Å²) in [6.07, 6.45) is 2.75. The van der Waals surface area contributed by atoms with Gasteiger partial charge in [0.25, 0.3) is 5.95 Å². The largest absolute Gasteiger partial charge is 0.534 e. The fraction of sp³-hybridized carbons (Fsp3) is 0.105. The molecule has 4 rings (SSSR count). The smallest absolute Gasteiger partial charge is 0.376 e. The van der Waals surface area contributed by atoms with Gasteiger partial charge in [0.1, 0.15) is 11.6 Å². The van der Waals surface area contributed by atoms with Crippen molar-refractivity contribution in [2.24, 2.45) is 0 Å². The van der Waals surface area contributed by atoms with Gasteiger partial charge in [-0.1, -0.05) is 18.2 Å². The molecule has 160 valence electrons. The van der Waals surface area contributed by atoms with E-state index in [1.165, 1.54) is 29.2 Å². The van der Waals surface area contributed by atoms with Crippen LogP contribution in [0.4, 0.5) is 17.6 Å². The van der Waals surface area contributed by atoms with E-state index in [-0.39, 0.29) is 11.5 Å². The molecular formula is C19H12F4N4O3S. The van der Waals surface area contributed by atoms with E-state index in [0.717, 1.165) is 12.1 Å². The van der Waals surface area contributed by atoms with Gasteiger partial charge in [0.05, 0.1) is 11.2 Å². The quantitative estimate of drug-likeness (QED) is 0.263. The first kappa shape index (κ1) is 20.7. The van der Waals surface area contributed by atoms with Gasteiger partial charge in [-0.3, -0.25) is 0 Å². The van der Waals surface area contributed by atoms with E-state index in [1.54, 1.807) is 25.1 Å². The fourth-order valence-corrected chi connectivity index (χ4v) is 3.35. The number of alkyl halides is 3. The predicted octanol–water partition coefficient (Wildman–Crippen LogP) is 4.16. The lowest BCUT2D eigenvalue weighted by molar-refractivity contribution is -0.0500. The van der Waals surface area contributed by atoms with Gasteiger partial charge >= 0.3 is 15.6 Å². The number of hydrogen-bond donors (Lipinski definition) is 0. The second-order valence-corrected chi connectivity index (χ2v) is 7.95. The lowest BCUT2D eigenvalue weighted by Gasteiger charge is -2.10. The molecule has 7 nitrogen and oxygen atoms in total. The fourth-order valence-electron chi connectivity index (χ4n) is 2.89. The average molecular weight is 452 g/mol. The Morgan fingerprint density at radius 2 is 1.71 bits per heavy atom. The van der Waals surface area contributed by atoms with Gasteiger partial charge in [0.15, 0.2) is 0 Å². The zero-order chi connectivity index (χ0) is 22.4. The Balaban J connectivity index is 1.75. The first-order valence-electron chi connectivity index (χ1n) is 8.64. The van der Waals surface area contributed by atoms with Crippen LogP contribution in [0.3, 0.4) is 0 Å². The molecule has 2 aromatic heterocycles. The van der Waals surface area contributed by atoms with Gasteiger partial charge in [0.2, 0.25) is 0 Å². The molecule has 4 aromatic rings. The van der Waals surface area contributed by atoms with Gasteiger partial charge in [-0.25, -0.2) is 14.4 Å². The summed E-state index contributed by atoms with van der Waals surface area (Å²) in [5.74, 6) is -0.949. The minimum absolute atomic E-state index is 0.0500. The molecule has 2 heterocycles. The zero-order valence-corrected chi connectivity index (χ0v) is 16.4. The number of nitrogens with zero attached hydrogens (tertiary/aromatic N) is 4. The molecule has 0 bridgehead atoms. The Morgan fingerprint density at radius 1 is 1.03 bits per heavy atom. The summed E-state index contributed by atoms with van der Waals surface area (Å²) in [6, 6.07) is 9.62. The number of rotatable bonds is 4. The normalized spacial score (nSPS) is 12.3. The minimum atomic E-state index is -5.83. The lowest BCUT2D eigenvalue weighted by Crippen LogP contribution is -2.28. The van der Waals surface area contributed by atoms with Crippen LogP contribution in [0.25, 0.3) is 28.0 Å². The highest BCUT2D eigenvalue weighted by atomic mass is 32.2. The van der Waals surface area contributed by atoms with E-state index >= 15 is 0 Å². The van der Waals surface area contributed by atoms with Crippen molar-refractivity contribution in [2.45, 2.75) is 12.4 Å². The second-order valence-electron chi connectivity index (χ2n) is 6.41. The summed E-state index contributed by atoms with van der Waals surface area (Å²) >= 11 is 0. The highest BCUT2D eigenvalue weighted by molar-refractivity contribution is 7.88. The Kier molecular flexibility index (Phi) is 4.88. The number of fused-ring (bicyclic) bond motifs is 1. The third-order valence-corrected chi connectivity index (χ3v) is 5.32.